The molecule has 0 atom stereocenters. The van der Waals surface area contributed by atoms with Gasteiger partial charge in [0.1, 0.15) is 0 Å². The van der Waals surface area contributed by atoms with Crippen LogP contribution in [0.1, 0.15) is 15.4 Å². The van der Waals surface area contributed by atoms with Crippen LogP contribution in [0, 0.1) is 10.5 Å². The molecule has 0 saturated carbocycles. The number of thiophene rings is 1. The van der Waals surface area contributed by atoms with Gasteiger partial charge in [0, 0.05) is 0 Å². The first-order valence-corrected chi connectivity index (χ1v) is 7.26. The molecule has 0 aliphatic carbocycles. The van der Waals surface area contributed by atoms with Gasteiger partial charge < -0.3 is 0 Å². The van der Waals surface area contributed by atoms with Gasteiger partial charge in [-0.15, -0.1) is 11.3 Å². The molecule has 0 fully saturated rings. The van der Waals surface area contributed by atoms with Crippen LogP contribution in [0.4, 0.5) is 0 Å². The molecule has 0 amide bonds. The van der Waals surface area contributed by atoms with Gasteiger partial charge in [-0.3, -0.25) is 14.2 Å². The lowest BCUT2D eigenvalue weighted by atomic mass is 10.3. The predicted molar refractivity (Wildman–Crippen MR) is 79.6 cm³/mol. The number of aryl methyl sites for hydroxylation is 1. The molecule has 7 heteroatoms. The molecule has 18 heavy (non-hydrogen) atoms. The third kappa shape index (κ3) is 2.81. The van der Waals surface area contributed by atoms with E-state index < -0.39 is 0 Å². The highest BCUT2D eigenvalue weighted by molar-refractivity contribution is 14.1. The molecule has 2 aromatic heterocycles. The molecule has 4 nitrogen and oxygen atoms in total. The van der Waals surface area contributed by atoms with Gasteiger partial charge in [0.2, 0.25) is 0 Å². The van der Waals surface area contributed by atoms with Gasteiger partial charge in [0.05, 0.1) is 31.3 Å². The molecule has 0 saturated heterocycles. The lowest BCUT2D eigenvalue weighted by molar-refractivity contribution is 0.0974. The summed E-state index contributed by atoms with van der Waals surface area (Å²) in [6, 6.07) is 3.33. The van der Waals surface area contributed by atoms with Crippen LogP contribution in [0.15, 0.2) is 23.3 Å². The van der Waals surface area contributed by atoms with E-state index in [0.29, 0.717) is 18.5 Å². The third-order valence-electron chi connectivity index (χ3n) is 2.32. The van der Waals surface area contributed by atoms with E-state index in [2.05, 4.69) is 4.98 Å². The maximum atomic E-state index is 11.9. The van der Waals surface area contributed by atoms with E-state index in [9.17, 15) is 9.59 Å². The van der Waals surface area contributed by atoms with Gasteiger partial charge in [-0.1, -0.05) is 11.6 Å². The minimum absolute atomic E-state index is 0.0149. The van der Waals surface area contributed by atoms with E-state index >= 15 is 0 Å². The number of carbonyl (C=O) groups excluding carboxylic acids is 1. The first-order valence-electron chi connectivity index (χ1n) is 4.99. The van der Waals surface area contributed by atoms with Gasteiger partial charge in [0.25, 0.3) is 5.56 Å². The molecule has 2 rings (SSSR count). The first-order chi connectivity index (χ1) is 8.49. The van der Waals surface area contributed by atoms with E-state index in [1.54, 1.807) is 19.1 Å². The van der Waals surface area contributed by atoms with Crippen LogP contribution < -0.4 is 5.56 Å². The van der Waals surface area contributed by atoms with Crippen molar-refractivity contribution < 1.29 is 4.79 Å². The summed E-state index contributed by atoms with van der Waals surface area (Å²) in [5.74, 6) is -0.143. The van der Waals surface area contributed by atoms with Crippen LogP contribution in [0.25, 0.3) is 0 Å². The lowest BCUT2D eigenvalue weighted by Crippen LogP contribution is -2.27. The normalized spacial score (nSPS) is 10.6. The average Bonchev–Trinajstić information content (AvgIpc) is 2.77. The number of ketones is 1. The van der Waals surface area contributed by atoms with Crippen LogP contribution in [0.3, 0.4) is 0 Å². The number of carbonyl (C=O) groups is 1. The molecule has 0 N–H and O–H groups in total. The van der Waals surface area contributed by atoms with Gasteiger partial charge in [-0.05, 0) is 41.6 Å². The van der Waals surface area contributed by atoms with E-state index in [-0.39, 0.29) is 17.9 Å². The fourth-order valence-electron chi connectivity index (χ4n) is 1.36. The highest BCUT2D eigenvalue weighted by Gasteiger charge is 2.12. The standard InChI is InChI=1S/C11H8ClIN2O2S/c1-6-10(13)11(17)15(5-14-6)4-7(16)8-2-3-9(12)18-8/h2-3,5H,4H2,1H3. The monoisotopic (exact) mass is 394 g/mol. The Hall–Kier alpha value is -0.730. The molecular formula is C11H8ClIN2O2S. The van der Waals surface area contributed by atoms with Crippen LogP contribution >= 0.6 is 45.5 Å². The van der Waals surface area contributed by atoms with E-state index in [4.69, 9.17) is 11.6 Å². The molecule has 0 bridgehead atoms. The van der Waals surface area contributed by atoms with Crippen molar-refractivity contribution in [3.63, 3.8) is 0 Å². The molecule has 2 heterocycles. The highest BCUT2D eigenvalue weighted by Crippen LogP contribution is 2.22. The lowest BCUT2D eigenvalue weighted by Gasteiger charge is -2.05. The number of aromatic nitrogens is 2. The number of rotatable bonds is 3. The average molecular weight is 395 g/mol. The number of Topliss-reactive ketones (excluding diaryl/α,β-unsaturated/α-hetero) is 1. The summed E-state index contributed by atoms with van der Waals surface area (Å²) < 4.78 is 2.40. The second kappa shape index (κ2) is 5.50. The Morgan fingerprint density at radius 3 is 2.89 bits per heavy atom. The zero-order valence-corrected chi connectivity index (χ0v) is 13.0. The van der Waals surface area contributed by atoms with Crippen LogP contribution in [-0.4, -0.2) is 15.3 Å². The topological polar surface area (TPSA) is 52.0 Å². The van der Waals surface area contributed by atoms with Crippen LogP contribution in [0.5, 0.6) is 0 Å². The predicted octanol–water partition coefficient (Wildman–Crippen LogP) is 2.75. The van der Waals surface area contributed by atoms with Gasteiger partial charge in [-0.25, -0.2) is 4.98 Å². The highest BCUT2D eigenvalue weighted by atomic mass is 127. The van der Waals surface area contributed by atoms with Crippen LogP contribution in [-0.2, 0) is 6.54 Å². The summed E-state index contributed by atoms with van der Waals surface area (Å²) >= 11 is 8.91. The third-order valence-corrected chi connectivity index (χ3v) is 4.83. The van der Waals surface area contributed by atoms with Crippen molar-refractivity contribution in [3.8, 4) is 0 Å². The Labute approximate surface area is 126 Å². The van der Waals surface area contributed by atoms with Crippen molar-refractivity contribution in [2.24, 2.45) is 0 Å². The Bertz CT molecular complexity index is 665. The maximum absolute atomic E-state index is 11.9. The number of halogens is 2. The van der Waals surface area contributed by atoms with Crippen molar-refractivity contribution in [1.82, 2.24) is 9.55 Å². The van der Waals surface area contributed by atoms with Gasteiger partial charge >= 0.3 is 0 Å². The molecule has 0 radical (unpaired) electrons. The molecule has 2 aromatic rings. The Morgan fingerprint density at radius 2 is 2.28 bits per heavy atom. The number of hydrogen-bond donors (Lipinski definition) is 0. The van der Waals surface area contributed by atoms with Crippen molar-refractivity contribution >= 4 is 51.3 Å². The summed E-state index contributed by atoms with van der Waals surface area (Å²) in [5.41, 5.74) is 0.475. The summed E-state index contributed by atoms with van der Waals surface area (Å²) in [6.07, 6.45) is 1.40. The minimum Gasteiger partial charge on any atom is -0.291 e. The zero-order chi connectivity index (χ0) is 13.3. The van der Waals surface area contributed by atoms with Crippen molar-refractivity contribution in [1.29, 1.82) is 0 Å². The number of nitrogens with zero attached hydrogens (tertiary/aromatic N) is 2. The smallest absolute Gasteiger partial charge is 0.267 e. The van der Waals surface area contributed by atoms with E-state index in [1.165, 1.54) is 22.2 Å². The largest absolute Gasteiger partial charge is 0.291 e. The van der Waals surface area contributed by atoms with Gasteiger partial charge in [-0.2, -0.15) is 0 Å². The fraction of sp³-hybridized carbons (Fsp3) is 0.182. The summed E-state index contributed by atoms with van der Waals surface area (Å²) in [6.45, 7) is 1.74. The quantitative estimate of drug-likeness (QED) is 0.594. The van der Waals surface area contributed by atoms with E-state index in [1.807, 2.05) is 22.6 Å². The fourth-order valence-corrected chi connectivity index (χ4v) is 2.78. The molecule has 94 valence electrons. The summed E-state index contributed by atoms with van der Waals surface area (Å²) in [5, 5.41) is 0. The summed E-state index contributed by atoms with van der Waals surface area (Å²) in [7, 11) is 0. The molecule has 0 aliphatic heterocycles. The number of hydrogen-bond acceptors (Lipinski definition) is 4. The molecule has 0 unspecified atom stereocenters. The minimum atomic E-state index is -0.195. The Morgan fingerprint density at radius 1 is 1.56 bits per heavy atom. The molecule has 0 aromatic carbocycles. The van der Waals surface area contributed by atoms with Crippen molar-refractivity contribution in [2.45, 2.75) is 13.5 Å². The summed E-state index contributed by atoms with van der Waals surface area (Å²) in [4.78, 5) is 28.5. The second-order valence-corrected chi connectivity index (χ2v) is 6.40. The Kier molecular flexibility index (Phi) is 4.18. The van der Waals surface area contributed by atoms with Crippen molar-refractivity contribution in [2.75, 3.05) is 0 Å². The SMILES string of the molecule is Cc1ncn(CC(=O)c2ccc(Cl)s2)c(=O)c1I. The van der Waals surface area contributed by atoms with Crippen molar-refractivity contribution in [3.05, 3.63) is 47.3 Å². The van der Waals surface area contributed by atoms with Crippen LogP contribution in [0.2, 0.25) is 4.34 Å². The maximum Gasteiger partial charge on any atom is 0.267 e. The van der Waals surface area contributed by atoms with Gasteiger partial charge in [0.15, 0.2) is 5.78 Å². The first kappa shape index (κ1) is 13.7. The Balaban J connectivity index is 2.28. The zero-order valence-electron chi connectivity index (χ0n) is 9.31. The molecule has 0 spiro atoms. The molecular weight excluding hydrogens is 387 g/mol. The second-order valence-electron chi connectivity index (χ2n) is 3.60. The van der Waals surface area contributed by atoms with E-state index in [0.717, 1.165) is 0 Å². The molecule has 0 aliphatic rings.